The molecule has 1 fully saturated rings. The van der Waals surface area contributed by atoms with Crippen LogP contribution >= 0.6 is 0 Å². The normalized spacial score (nSPS) is 16.7. The summed E-state index contributed by atoms with van der Waals surface area (Å²) in [4.78, 5) is 8.34. The molecule has 0 aliphatic heterocycles. The minimum absolute atomic E-state index is 0.248. The molecule has 18 heavy (non-hydrogen) atoms. The highest BCUT2D eigenvalue weighted by atomic mass is 16.3. The van der Waals surface area contributed by atoms with Crippen molar-refractivity contribution in [2.75, 3.05) is 17.3 Å². The van der Waals surface area contributed by atoms with Crippen LogP contribution in [0.2, 0.25) is 0 Å². The molecule has 2 rings (SSSR count). The van der Waals surface area contributed by atoms with Gasteiger partial charge in [0.1, 0.15) is 18.0 Å². The van der Waals surface area contributed by atoms with Crippen LogP contribution in [0.4, 0.5) is 11.6 Å². The average Bonchev–Trinajstić information content (AvgIpc) is 3.19. The molecule has 1 aromatic rings. The lowest BCUT2D eigenvalue weighted by molar-refractivity contribution is 0.164. The smallest absolute Gasteiger partial charge is 0.148 e. The van der Waals surface area contributed by atoms with E-state index >= 15 is 0 Å². The number of anilines is 2. The van der Waals surface area contributed by atoms with Gasteiger partial charge >= 0.3 is 0 Å². The zero-order chi connectivity index (χ0) is 13.1. The summed E-state index contributed by atoms with van der Waals surface area (Å²) in [6.07, 6.45) is 3.42. The molecule has 1 aromatic heterocycles. The summed E-state index contributed by atoms with van der Waals surface area (Å²) in [7, 11) is 0. The molecular formula is C12H21N5O. The molecule has 5 N–H and O–H groups in total. The van der Waals surface area contributed by atoms with Gasteiger partial charge in [-0.25, -0.2) is 15.8 Å². The maximum atomic E-state index is 9.86. The number of aliphatic hydroxyl groups is 1. The zero-order valence-corrected chi connectivity index (χ0v) is 10.8. The number of hydrogen-bond acceptors (Lipinski definition) is 6. The largest absolute Gasteiger partial charge is 0.391 e. The molecule has 0 saturated heterocycles. The number of nitrogen functional groups attached to an aromatic ring is 1. The molecular weight excluding hydrogens is 230 g/mol. The molecule has 1 heterocycles. The van der Waals surface area contributed by atoms with Crippen molar-refractivity contribution < 1.29 is 5.11 Å². The molecule has 1 aliphatic rings. The average molecular weight is 251 g/mol. The number of nitrogens with two attached hydrogens (primary N) is 1. The van der Waals surface area contributed by atoms with Gasteiger partial charge < -0.3 is 15.8 Å². The Morgan fingerprint density at radius 2 is 2.06 bits per heavy atom. The van der Waals surface area contributed by atoms with Crippen molar-refractivity contribution in [3.8, 4) is 0 Å². The molecule has 6 heteroatoms. The Kier molecular flexibility index (Phi) is 3.98. The number of aliphatic hydroxyl groups excluding tert-OH is 1. The summed E-state index contributed by atoms with van der Waals surface area (Å²) in [6, 6.07) is 0. The van der Waals surface area contributed by atoms with E-state index in [1.165, 1.54) is 6.33 Å². The fourth-order valence-corrected chi connectivity index (χ4v) is 2.05. The van der Waals surface area contributed by atoms with Gasteiger partial charge in [0.25, 0.3) is 0 Å². The van der Waals surface area contributed by atoms with E-state index in [2.05, 4.69) is 34.6 Å². The van der Waals surface area contributed by atoms with E-state index in [1.807, 2.05) is 0 Å². The lowest BCUT2D eigenvalue weighted by Gasteiger charge is -2.18. The van der Waals surface area contributed by atoms with Gasteiger partial charge in [-0.1, -0.05) is 13.8 Å². The fourth-order valence-electron chi connectivity index (χ4n) is 2.05. The lowest BCUT2D eigenvalue weighted by atomic mass is 10.0. The van der Waals surface area contributed by atoms with Gasteiger partial charge in [0.05, 0.1) is 6.10 Å². The van der Waals surface area contributed by atoms with Gasteiger partial charge in [0.2, 0.25) is 0 Å². The van der Waals surface area contributed by atoms with Gasteiger partial charge in [-0.05, 0) is 24.7 Å². The Labute approximate surface area is 107 Å². The molecule has 0 spiro atoms. The summed E-state index contributed by atoms with van der Waals surface area (Å²) in [5.41, 5.74) is 3.53. The lowest BCUT2D eigenvalue weighted by Crippen LogP contribution is -2.23. The predicted molar refractivity (Wildman–Crippen MR) is 71.2 cm³/mol. The van der Waals surface area contributed by atoms with E-state index < -0.39 is 0 Å². The summed E-state index contributed by atoms with van der Waals surface area (Å²) < 4.78 is 0. The Hall–Kier alpha value is -1.40. The highest BCUT2D eigenvalue weighted by Gasteiger charge is 2.29. The van der Waals surface area contributed by atoms with Crippen molar-refractivity contribution in [2.24, 2.45) is 11.8 Å². The van der Waals surface area contributed by atoms with Crippen molar-refractivity contribution in [1.29, 1.82) is 0 Å². The van der Waals surface area contributed by atoms with E-state index in [4.69, 9.17) is 5.84 Å². The summed E-state index contributed by atoms with van der Waals surface area (Å²) in [5, 5.41) is 13.1. The van der Waals surface area contributed by atoms with Gasteiger partial charge in [0, 0.05) is 12.1 Å². The Morgan fingerprint density at radius 1 is 1.39 bits per heavy atom. The molecule has 1 saturated carbocycles. The maximum Gasteiger partial charge on any atom is 0.148 e. The van der Waals surface area contributed by atoms with Crippen LogP contribution in [-0.2, 0) is 0 Å². The molecule has 1 aliphatic carbocycles. The molecule has 0 amide bonds. The molecule has 100 valence electrons. The quantitative estimate of drug-likeness (QED) is 0.446. The Bertz CT molecular complexity index is 405. The van der Waals surface area contributed by atoms with Crippen LogP contribution in [0.15, 0.2) is 6.33 Å². The first-order valence-corrected chi connectivity index (χ1v) is 6.37. The van der Waals surface area contributed by atoms with Gasteiger partial charge in [-0.15, -0.1) is 0 Å². The summed E-state index contributed by atoms with van der Waals surface area (Å²) in [5.74, 6) is 7.53. The monoisotopic (exact) mass is 251 g/mol. The third-order valence-corrected chi connectivity index (χ3v) is 3.24. The second kappa shape index (κ2) is 5.49. The second-order valence-electron chi connectivity index (χ2n) is 5.07. The van der Waals surface area contributed by atoms with Crippen molar-refractivity contribution >= 4 is 11.6 Å². The first kappa shape index (κ1) is 13.0. The van der Waals surface area contributed by atoms with Crippen LogP contribution in [0.5, 0.6) is 0 Å². The van der Waals surface area contributed by atoms with Crippen LogP contribution in [0, 0.1) is 5.92 Å². The number of aromatic nitrogens is 2. The summed E-state index contributed by atoms with van der Waals surface area (Å²) >= 11 is 0. The van der Waals surface area contributed by atoms with Gasteiger partial charge in [0.15, 0.2) is 0 Å². The van der Waals surface area contributed by atoms with E-state index in [1.54, 1.807) is 0 Å². The Balaban J connectivity index is 2.10. The van der Waals surface area contributed by atoms with Gasteiger partial charge in [-0.3, -0.25) is 0 Å². The third kappa shape index (κ3) is 2.88. The van der Waals surface area contributed by atoms with Crippen LogP contribution in [0.25, 0.3) is 0 Å². The molecule has 0 bridgehead atoms. The minimum Gasteiger partial charge on any atom is -0.391 e. The predicted octanol–water partition coefficient (Wildman–Crippen LogP) is 1.07. The third-order valence-electron chi connectivity index (χ3n) is 3.24. The SMILES string of the molecule is CC(C)c1c(NN)ncnc1NCC(O)C1CC1. The number of nitrogens with zero attached hydrogens (tertiary/aromatic N) is 2. The Morgan fingerprint density at radius 3 is 2.61 bits per heavy atom. The topological polar surface area (TPSA) is 96.1 Å². The highest BCUT2D eigenvalue weighted by molar-refractivity contribution is 5.58. The van der Waals surface area contributed by atoms with Crippen molar-refractivity contribution in [3.63, 3.8) is 0 Å². The van der Waals surface area contributed by atoms with Crippen LogP contribution < -0.4 is 16.6 Å². The number of nitrogens with one attached hydrogen (secondary N) is 2. The second-order valence-corrected chi connectivity index (χ2v) is 5.07. The summed E-state index contributed by atoms with van der Waals surface area (Å²) in [6.45, 7) is 4.63. The molecule has 0 radical (unpaired) electrons. The zero-order valence-electron chi connectivity index (χ0n) is 10.8. The van der Waals surface area contributed by atoms with E-state index in [-0.39, 0.29) is 12.0 Å². The van der Waals surface area contributed by atoms with Crippen LogP contribution in [0.1, 0.15) is 38.2 Å². The highest BCUT2D eigenvalue weighted by Crippen LogP contribution is 2.33. The van der Waals surface area contributed by atoms with Crippen LogP contribution in [-0.4, -0.2) is 27.7 Å². The maximum absolute atomic E-state index is 9.86. The van der Waals surface area contributed by atoms with Gasteiger partial charge in [-0.2, -0.15) is 0 Å². The number of hydrazine groups is 1. The van der Waals surface area contributed by atoms with Crippen LogP contribution in [0.3, 0.4) is 0 Å². The standard InChI is InChI=1S/C12H21N5O/c1-7(2)10-11(15-6-16-12(10)17-13)14-5-9(18)8-3-4-8/h6-9,18H,3-5,13H2,1-2H3,(H2,14,15,16,17). The number of hydrogen-bond donors (Lipinski definition) is 4. The van der Waals surface area contributed by atoms with E-state index in [0.717, 1.165) is 24.2 Å². The molecule has 1 atom stereocenters. The minimum atomic E-state index is -0.297. The first-order valence-electron chi connectivity index (χ1n) is 6.37. The van der Waals surface area contributed by atoms with Crippen molar-refractivity contribution in [1.82, 2.24) is 9.97 Å². The van der Waals surface area contributed by atoms with E-state index in [9.17, 15) is 5.11 Å². The van der Waals surface area contributed by atoms with Crippen molar-refractivity contribution in [3.05, 3.63) is 11.9 Å². The van der Waals surface area contributed by atoms with E-state index in [0.29, 0.717) is 18.3 Å². The molecule has 1 unspecified atom stereocenters. The number of rotatable bonds is 6. The fraction of sp³-hybridized carbons (Fsp3) is 0.667. The molecule has 6 nitrogen and oxygen atoms in total. The van der Waals surface area contributed by atoms with Crippen molar-refractivity contribution in [2.45, 2.75) is 38.7 Å². The molecule has 0 aromatic carbocycles. The first-order chi connectivity index (χ1) is 8.63.